The van der Waals surface area contributed by atoms with Crippen molar-refractivity contribution in [2.75, 3.05) is 7.05 Å². The minimum atomic E-state index is -1.13. The number of carbonyl (C=O) groups is 2. The Bertz CT molecular complexity index is 572. The molecule has 0 saturated carbocycles. The highest BCUT2D eigenvalue weighted by atomic mass is 16.6. The standard InChI is InChI=1S/C17H25NO5/c1-16(2,3)23-15(22)18(6)13(14(20)21)17(4,5)11-7-9-12(19)10-8-11/h7-10,13,19H,1-6H3,(H,20,21)/t13-/m1/s1. The van der Waals surface area contributed by atoms with Gasteiger partial charge in [0.15, 0.2) is 0 Å². The second kappa shape index (κ2) is 6.48. The molecule has 0 spiro atoms. The molecule has 0 saturated heterocycles. The van der Waals surface area contributed by atoms with E-state index in [1.54, 1.807) is 46.8 Å². The Hall–Kier alpha value is -2.24. The van der Waals surface area contributed by atoms with Gasteiger partial charge in [-0.25, -0.2) is 9.59 Å². The molecule has 23 heavy (non-hydrogen) atoms. The second-order valence-electron chi connectivity index (χ2n) is 7.10. The largest absolute Gasteiger partial charge is 0.508 e. The first-order chi connectivity index (χ1) is 10.4. The van der Waals surface area contributed by atoms with Crippen LogP contribution in [0.15, 0.2) is 24.3 Å². The molecule has 0 heterocycles. The summed E-state index contributed by atoms with van der Waals surface area (Å²) < 4.78 is 5.26. The number of benzene rings is 1. The molecule has 2 N–H and O–H groups in total. The summed E-state index contributed by atoms with van der Waals surface area (Å²) in [6.07, 6.45) is -0.697. The van der Waals surface area contributed by atoms with Crippen molar-refractivity contribution in [2.24, 2.45) is 0 Å². The van der Waals surface area contributed by atoms with Crippen LogP contribution in [0.5, 0.6) is 5.75 Å². The summed E-state index contributed by atoms with van der Waals surface area (Å²) in [5.41, 5.74) is -0.902. The number of carboxylic acids is 1. The quantitative estimate of drug-likeness (QED) is 0.889. The Morgan fingerprint density at radius 3 is 1.96 bits per heavy atom. The van der Waals surface area contributed by atoms with Crippen LogP contribution in [0.4, 0.5) is 4.79 Å². The number of nitrogens with zero attached hydrogens (tertiary/aromatic N) is 1. The lowest BCUT2D eigenvalue weighted by atomic mass is 9.77. The Balaban J connectivity index is 3.16. The van der Waals surface area contributed by atoms with Crippen LogP contribution in [0.3, 0.4) is 0 Å². The van der Waals surface area contributed by atoms with Gasteiger partial charge in [0.1, 0.15) is 17.4 Å². The van der Waals surface area contributed by atoms with Gasteiger partial charge in [0, 0.05) is 12.5 Å². The van der Waals surface area contributed by atoms with Crippen molar-refractivity contribution in [1.29, 1.82) is 0 Å². The third-order valence-electron chi connectivity index (χ3n) is 3.60. The molecule has 1 atom stereocenters. The van der Waals surface area contributed by atoms with E-state index in [1.165, 1.54) is 19.2 Å². The van der Waals surface area contributed by atoms with E-state index in [2.05, 4.69) is 0 Å². The van der Waals surface area contributed by atoms with E-state index >= 15 is 0 Å². The van der Waals surface area contributed by atoms with Crippen LogP contribution in [-0.2, 0) is 14.9 Å². The van der Waals surface area contributed by atoms with Crippen LogP contribution in [-0.4, -0.2) is 45.9 Å². The molecule has 0 aliphatic rings. The van der Waals surface area contributed by atoms with Gasteiger partial charge in [0.2, 0.25) is 0 Å². The van der Waals surface area contributed by atoms with Gasteiger partial charge in [0.25, 0.3) is 0 Å². The number of likely N-dealkylation sites (N-methyl/N-ethyl adjacent to an activating group) is 1. The predicted molar refractivity (Wildman–Crippen MR) is 86.6 cm³/mol. The Labute approximate surface area is 136 Å². The number of ether oxygens (including phenoxy) is 1. The van der Waals surface area contributed by atoms with Gasteiger partial charge in [-0.2, -0.15) is 0 Å². The minimum absolute atomic E-state index is 0.0944. The molecule has 0 aliphatic heterocycles. The van der Waals surface area contributed by atoms with Crippen molar-refractivity contribution in [3.8, 4) is 5.75 Å². The van der Waals surface area contributed by atoms with E-state index in [-0.39, 0.29) is 5.75 Å². The van der Waals surface area contributed by atoms with Crippen LogP contribution in [0.25, 0.3) is 0 Å². The number of hydrogen-bond donors (Lipinski definition) is 2. The number of amides is 1. The smallest absolute Gasteiger partial charge is 0.410 e. The van der Waals surface area contributed by atoms with Crippen molar-refractivity contribution in [3.63, 3.8) is 0 Å². The van der Waals surface area contributed by atoms with Crippen molar-refractivity contribution in [1.82, 2.24) is 4.90 Å². The van der Waals surface area contributed by atoms with E-state index in [0.29, 0.717) is 5.56 Å². The van der Waals surface area contributed by atoms with Gasteiger partial charge in [-0.05, 0) is 38.5 Å². The van der Waals surface area contributed by atoms with Gasteiger partial charge < -0.3 is 14.9 Å². The molecule has 1 aromatic rings. The fourth-order valence-electron chi connectivity index (χ4n) is 2.45. The molecule has 0 aromatic heterocycles. The molecular weight excluding hydrogens is 298 g/mol. The normalized spacial score (nSPS) is 13.3. The molecular formula is C17H25NO5. The number of hydrogen-bond acceptors (Lipinski definition) is 4. The first-order valence-electron chi connectivity index (χ1n) is 7.34. The molecule has 1 rings (SSSR count). The van der Waals surface area contributed by atoms with Gasteiger partial charge in [0.05, 0.1) is 0 Å². The molecule has 0 aliphatic carbocycles. The zero-order chi connectivity index (χ0) is 18.0. The lowest BCUT2D eigenvalue weighted by Gasteiger charge is -2.38. The molecule has 128 valence electrons. The summed E-state index contributed by atoms with van der Waals surface area (Å²) in [6, 6.07) is 5.15. The van der Waals surface area contributed by atoms with Crippen LogP contribution in [0, 0.1) is 0 Å². The lowest BCUT2D eigenvalue weighted by molar-refractivity contribution is -0.145. The maximum atomic E-state index is 12.2. The van der Waals surface area contributed by atoms with Gasteiger partial charge >= 0.3 is 12.1 Å². The number of carbonyl (C=O) groups excluding carboxylic acids is 1. The molecule has 1 amide bonds. The summed E-state index contributed by atoms with van der Waals surface area (Å²) in [4.78, 5) is 25.1. The van der Waals surface area contributed by atoms with Crippen molar-refractivity contribution < 1.29 is 24.5 Å². The van der Waals surface area contributed by atoms with E-state index < -0.39 is 29.1 Å². The number of aliphatic carboxylic acids is 1. The molecule has 6 heteroatoms. The maximum absolute atomic E-state index is 12.2. The molecule has 1 aromatic carbocycles. The molecule has 6 nitrogen and oxygen atoms in total. The highest BCUT2D eigenvalue weighted by molar-refractivity contribution is 5.82. The summed E-state index contributed by atoms with van der Waals surface area (Å²) in [7, 11) is 1.41. The Morgan fingerprint density at radius 1 is 1.09 bits per heavy atom. The number of aromatic hydroxyl groups is 1. The highest BCUT2D eigenvalue weighted by Crippen LogP contribution is 2.32. The summed E-state index contributed by atoms with van der Waals surface area (Å²) >= 11 is 0. The van der Waals surface area contributed by atoms with Crippen LogP contribution in [0.1, 0.15) is 40.2 Å². The van der Waals surface area contributed by atoms with Crippen LogP contribution >= 0.6 is 0 Å². The van der Waals surface area contributed by atoms with E-state index in [1.807, 2.05) is 0 Å². The molecule has 0 unspecified atom stereocenters. The molecule has 0 fully saturated rings. The fraction of sp³-hybridized carbons (Fsp3) is 0.529. The number of rotatable bonds is 4. The minimum Gasteiger partial charge on any atom is -0.508 e. The van der Waals surface area contributed by atoms with Crippen LogP contribution < -0.4 is 0 Å². The topological polar surface area (TPSA) is 87.1 Å². The summed E-state index contributed by atoms with van der Waals surface area (Å²) in [5, 5.41) is 19.0. The van der Waals surface area contributed by atoms with E-state index in [0.717, 1.165) is 4.90 Å². The van der Waals surface area contributed by atoms with Crippen molar-refractivity contribution in [3.05, 3.63) is 29.8 Å². The Kier molecular flexibility index (Phi) is 5.30. The number of carboxylic acid groups (broad SMARTS) is 1. The summed E-state index contributed by atoms with van der Waals surface area (Å²) in [6.45, 7) is 8.64. The van der Waals surface area contributed by atoms with E-state index in [9.17, 15) is 19.8 Å². The fourth-order valence-corrected chi connectivity index (χ4v) is 2.45. The van der Waals surface area contributed by atoms with Crippen molar-refractivity contribution >= 4 is 12.1 Å². The first kappa shape index (κ1) is 18.8. The highest BCUT2D eigenvalue weighted by Gasteiger charge is 2.42. The second-order valence-corrected chi connectivity index (χ2v) is 7.10. The molecule has 0 bridgehead atoms. The summed E-state index contributed by atoms with van der Waals surface area (Å²) in [5.74, 6) is -1.03. The average molecular weight is 323 g/mol. The van der Waals surface area contributed by atoms with Gasteiger partial charge in [-0.15, -0.1) is 0 Å². The Morgan fingerprint density at radius 2 is 1.57 bits per heavy atom. The van der Waals surface area contributed by atoms with Crippen LogP contribution in [0.2, 0.25) is 0 Å². The first-order valence-corrected chi connectivity index (χ1v) is 7.34. The SMILES string of the molecule is CN(C(=O)OC(C)(C)C)[C@H](C(=O)O)C(C)(C)c1ccc(O)cc1. The van der Waals surface area contributed by atoms with Crippen molar-refractivity contribution in [2.45, 2.75) is 51.7 Å². The third-order valence-corrected chi connectivity index (χ3v) is 3.60. The monoisotopic (exact) mass is 323 g/mol. The number of phenols is 1. The zero-order valence-corrected chi connectivity index (χ0v) is 14.5. The maximum Gasteiger partial charge on any atom is 0.410 e. The van der Waals surface area contributed by atoms with Gasteiger partial charge in [-0.3, -0.25) is 4.90 Å². The average Bonchev–Trinajstić information content (AvgIpc) is 2.36. The van der Waals surface area contributed by atoms with Gasteiger partial charge in [-0.1, -0.05) is 26.0 Å². The predicted octanol–water partition coefficient (Wildman–Crippen LogP) is 2.99. The van der Waals surface area contributed by atoms with E-state index in [4.69, 9.17) is 4.74 Å². The number of phenolic OH excluding ortho intramolecular Hbond substituents is 1. The zero-order valence-electron chi connectivity index (χ0n) is 14.5. The third kappa shape index (κ3) is 4.61. The lowest BCUT2D eigenvalue weighted by Crippen LogP contribution is -2.54. The molecule has 0 radical (unpaired) electrons.